The summed E-state index contributed by atoms with van der Waals surface area (Å²) >= 11 is 4.96. The number of rotatable bonds is 6. The van der Waals surface area contributed by atoms with Crippen molar-refractivity contribution in [3.05, 3.63) is 21.1 Å². The fraction of sp³-hybridized carbons (Fsp3) is 0.455. The monoisotopic (exact) mass is 331 g/mol. The van der Waals surface area contributed by atoms with E-state index in [1.165, 1.54) is 0 Å². The number of thiophene rings is 1. The molecule has 0 aromatic carbocycles. The maximum Gasteiger partial charge on any atom is 0.258 e. The van der Waals surface area contributed by atoms with Crippen LogP contribution in [0.4, 0.5) is 0 Å². The Morgan fingerprint density at radius 3 is 3.11 bits per heavy atom. The molecule has 5 nitrogen and oxygen atoms in total. The van der Waals surface area contributed by atoms with Gasteiger partial charge in [0.2, 0.25) is 0 Å². The number of hydrogen-bond donors (Lipinski definition) is 1. The lowest BCUT2D eigenvalue weighted by atomic mass is 10.3. The van der Waals surface area contributed by atoms with Crippen molar-refractivity contribution < 1.29 is 9.26 Å². The molecule has 0 saturated heterocycles. The SMILES string of the molecule is CCCOCC(N)c1noc(-c2csc(Br)c2)n1. The van der Waals surface area contributed by atoms with Crippen LogP contribution in [0.1, 0.15) is 25.2 Å². The molecule has 2 rings (SSSR count). The van der Waals surface area contributed by atoms with Crippen LogP contribution in [0.25, 0.3) is 11.5 Å². The quantitative estimate of drug-likeness (QED) is 0.823. The molecule has 2 aromatic heterocycles. The highest BCUT2D eigenvalue weighted by Gasteiger charge is 2.16. The molecule has 0 bridgehead atoms. The Hall–Kier alpha value is -0.760. The first kappa shape index (κ1) is 13.7. The first-order chi connectivity index (χ1) is 8.70. The Kier molecular flexibility index (Phi) is 4.87. The van der Waals surface area contributed by atoms with Gasteiger partial charge in [0.15, 0.2) is 5.82 Å². The molecule has 0 spiro atoms. The van der Waals surface area contributed by atoms with Gasteiger partial charge in [0.1, 0.15) is 0 Å². The topological polar surface area (TPSA) is 74.2 Å². The molecule has 98 valence electrons. The average Bonchev–Trinajstić information content (AvgIpc) is 2.97. The third kappa shape index (κ3) is 3.38. The van der Waals surface area contributed by atoms with Crippen molar-refractivity contribution in [2.75, 3.05) is 13.2 Å². The van der Waals surface area contributed by atoms with E-state index in [0.717, 1.165) is 15.8 Å². The van der Waals surface area contributed by atoms with Crippen molar-refractivity contribution in [1.29, 1.82) is 0 Å². The van der Waals surface area contributed by atoms with E-state index >= 15 is 0 Å². The molecule has 1 atom stereocenters. The van der Waals surface area contributed by atoms with Crippen LogP contribution >= 0.6 is 27.3 Å². The van der Waals surface area contributed by atoms with Crippen LogP contribution in [0.5, 0.6) is 0 Å². The van der Waals surface area contributed by atoms with Gasteiger partial charge in [-0.2, -0.15) is 4.98 Å². The van der Waals surface area contributed by atoms with Gasteiger partial charge < -0.3 is 15.0 Å². The van der Waals surface area contributed by atoms with E-state index in [2.05, 4.69) is 26.1 Å². The molecule has 0 aliphatic carbocycles. The summed E-state index contributed by atoms with van der Waals surface area (Å²) in [6.07, 6.45) is 0.965. The molecular formula is C11H14BrN3O2S. The van der Waals surface area contributed by atoms with E-state index in [0.29, 0.717) is 24.9 Å². The highest BCUT2D eigenvalue weighted by atomic mass is 79.9. The molecule has 1 unspecified atom stereocenters. The summed E-state index contributed by atoms with van der Waals surface area (Å²) in [7, 11) is 0. The summed E-state index contributed by atoms with van der Waals surface area (Å²) in [4.78, 5) is 4.28. The summed E-state index contributed by atoms with van der Waals surface area (Å²) < 4.78 is 11.6. The van der Waals surface area contributed by atoms with Gasteiger partial charge in [0.25, 0.3) is 5.89 Å². The predicted octanol–water partition coefficient (Wildman–Crippen LogP) is 2.99. The maximum atomic E-state index is 5.92. The highest BCUT2D eigenvalue weighted by molar-refractivity contribution is 9.11. The lowest BCUT2D eigenvalue weighted by Crippen LogP contribution is -2.18. The molecule has 0 fully saturated rings. The number of nitrogens with two attached hydrogens (primary N) is 1. The second-order valence-corrected chi connectivity index (χ2v) is 6.07. The van der Waals surface area contributed by atoms with Crippen molar-refractivity contribution in [1.82, 2.24) is 10.1 Å². The Morgan fingerprint density at radius 2 is 2.44 bits per heavy atom. The molecule has 7 heteroatoms. The molecule has 0 amide bonds. The summed E-state index contributed by atoms with van der Waals surface area (Å²) in [5.74, 6) is 0.960. The maximum absolute atomic E-state index is 5.92. The van der Waals surface area contributed by atoms with Gasteiger partial charge in [-0.3, -0.25) is 0 Å². The van der Waals surface area contributed by atoms with Gasteiger partial charge in [-0.25, -0.2) is 0 Å². The van der Waals surface area contributed by atoms with Crippen LogP contribution in [0.15, 0.2) is 19.8 Å². The van der Waals surface area contributed by atoms with E-state index in [1.54, 1.807) is 11.3 Å². The average molecular weight is 332 g/mol. The second kappa shape index (κ2) is 6.42. The Morgan fingerprint density at radius 1 is 1.61 bits per heavy atom. The number of ether oxygens (including phenoxy) is 1. The van der Waals surface area contributed by atoms with Crippen LogP contribution in [-0.2, 0) is 4.74 Å². The van der Waals surface area contributed by atoms with E-state index in [1.807, 2.05) is 18.4 Å². The Labute approximate surface area is 117 Å². The molecule has 2 aromatic rings. The summed E-state index contributed by atoms with van der Waals surface area (Å²) in [5, 5.41) is 5.82. The number of nitrogens with zero attached hydrogens (tertiary/aromatic N) is 2. The highest BCUT2D eigenvalue weighted by Crippen LogP contribution is 2.28. The van der Waals surface area contributed by atoms with Gasteiger partial charge >= 0.3 is 0 Å². The molecule has 2 N–H and O–H groups in total. The van der Waals surface area contributed by atoms with Crippen LogP contribution in [0.3, 0.4) is 0 Å². The van der Waals surface area contributed by atoms with E-state index < -0.39 is 0 Å². The van der Waals surface area contributed by atoms with Gasteiger partial charge in [-0.1, -0.05) is 12.1 Å². The molecular weight excluding hydrogens is 318 g/mol. The van der Waals surface area contributed by atoms with Crippen molar-refractivity contribution in [3.63, 3.8) is 0 Å². The van der Waals surface area contributed by atoms with Crippen LogP contribution in [0.2, 0.25) is 0 Å². The van der Waals surface area contributed by atoms with E-state index in [9.17, 15) is 0 Å². The van der Waals surface area contributed by atoms with Crippen molar-refractivity contribution in [2.24, 2.45) is 5.73 Å². The smallest absolute Gasteiger partial charge is 0.258 e. The van der Waals surface area contributed by atoms with Crippen LogP contribution in [-0.4, -0.2) is 23.4 Å². The lowest BCUT2D eigenvalue weighted by molar-refractivity contribution is 0.119. The minimum Gasteiger partial charge on any atom is -0.379 e. The summed E-state index contributed by atoms with van der Waals surface area (Å²) in [5.41, 5.74) is 6.81. The molecule has 18 heavy (non-hydrogen) atoms. The first-order valence-corrected chi connectivity index (χ1v) is 7.29. The zero-order valence-electron chi connectivity index (χ0n) is 9.93. The van der Waals surface area contributed by atoms with Crippen molar-refractivity contribution in [3.8, 4) is 11.5 Å². The number of halogens is 1. The van der Waals surface area contributed by atoms with E-state index in [-0.39, 0.29) is 6.04 Å². The largest absolute Gasteiger partial charge is 0.379 e. The molecule has 0 aliphatic rings. The lowest BCUT2D eigenvalue weighted by Gasteiger charge is -2.06. The molecule has 0 aliphatic heterocycles. The standard InChI is InChI=1S/C11H14BrN3O2S/c1-2-3-16-5-8(13)10-14-11(17-15-10)7-4-9(12)18-6-7/h4,6,8H,2-3,5,13H2,1H3. The van der Waals surface area contributed by atoms with Crippen LogP contribution < -0.4 is 5.73 Å². The predicted molar refractivity (Wildman–Crippen MR) is 73.3 cm³/mol. The van der Waals surface area contributed by atoms with Gasteiger partial charge in [-0.15, -0.1) is 11.3 Å². The molecule has 2 heterocycles. The van der Waals surface area contributed by atoms with Crippen LogP contribution in [0, 0.1) is 0 Å². The normalized spacial score (nSPS) is 12.8. The fourth-order valence-corrected chi connectivity index (χ4v) is 2.48. The number of aromatic nitrogens is 2. The molecule has 0 saturated carbocycles. The van der Waals surface area contributed by atoms with Gasteiger partial charge in [0.05, 0.1) is 22.0 Å². The van der Waals surface area contributed by atoms with Crippen molar-refractivity contribution >= 4 is 27.3 Å². The minimum absolute atomic E-state index is 0.351. The third-order valence-corrected chi connectivity index (χ3v) is 3.74. The second-order valence-electron chi connectivity index (χ2n) is 3.78. The van der Waals surface area contributed by atoms with Gasteiger partial charge in [0, 0.05) is 12.0 Å². The Bertz CT molecular complexity index is 500. The zero-order chi connectivity index (χ0) is 13.0. The summed E-state index contributed by atoms with van der Waals surface area (Å²) in [6.45, 7) is 3.14. The fourth-order valence-electron chi connectivity index (χ4n) is 1.35. The minimum atomic E-state index is -0.351. The van der Waals surface area contributed by atoms with Crippen molar-refractivity contribution in [2.45, 2.75) is 19.4 Å². The number of hydrogen-bond acceptors (Lipinski definition) is 6. The van der Waals surface area contributed by atoms with E-state index in [4.69, 9.17) is 15.0 Å². The first-order valence-electron chi connectivity index (χ1n) is 5.62. The molecule has 0 radical (unpaired) electrons. The third-order valence-electron chi connectivity index (χ3n) is 2.23. The summed E-state index contributed by atoms with van der Waals surface area (Å²) in [6, 6.07) is 1.58. The van der Waals surface area contributed by atoms with Gasteiger partial charge in [-0.05, 0) is 28.4 Å². The zero-order valence-corrected chi connectivity index (χ0v) is 12.3. The Balaban J connectivity index is 2.01.